The van der Waals surface area contributed by atoms with Crippen LogP contribution in [0.4, 0.5) is 10.1 Å². The zero-order valence-electron chi connectivity index (χ0n) is 9.76. The number of hydrogen-bond acceptors (Lipinski definition) is 4. The van der Waals surface area contributed by atoms with Crippen LogP contribution in [0.2, 0.25) is 0 Å². The SMILES string of the molecule is CN(Cc1cscn1)C(=O)c1cccc(F)c1N. The van der Waals surface area contributed by atoms with Gasteiger partial charge in [-0.05, 0) is 12.1 Å². The van der Waals surface area contributed by atoms with Gasteiger partial charge in [0.05, 0.1) is 29.0 Å². The van der Waals surface area contributed by atoms with Crippen LogP contribution in [0, 0.1) is 5.82 Å². The number of nitrogens with two attached hydrogens (primary N) is 1. The lowest BCUT2D eigenvalue weighted by atomic mass is 10.1. The van der Waals surface area contributed by atoms with E-state index >= 15 is 0 Å². The van der Waals surface area contributed by atoms with Crippen molar-refractivity contribution in [1.82, 2.24) is 9.88 Å². The molecule has 2 N–H and O–H groups in total. The average molecular weight is 265 g/mol. The van der Waals surface area contributed by atoms with Crippen molar-refractivity contribution in [2.24, 2.45) is 0 Å². The summed E-state index contributed by atoms with van der Waals surface area (Å²) in [5.41, 5.74) is 8.11. The van der Waals surface area contributed by atoms with Crippen LogP contribution in [-0.2, 0) is 6.54 Å². The second-order valence-corrected chi connectivity index (χ2v) is 4.56. The molecule has 0 bridgehead atoms. The fourth-order valence-electron chi connectivity index (χ4n) is 1.56. The number of hydrogen-bond donors (Lipinski definition) is 1. The molecule has 4 nitrogen and oxygen atoms in total. The molecule has 0 fully saturated rings. The van der Waals surface area contributed by atoms with Crippen molar-refractivity contribution in [2.75, 3.05) is 12.8 Å². The molecule has 1 amide bonds. The van der Waals surface area contributed by atoms with E-state index < -0.39 is 5.82 Å². The van der Waals surface area contributed by atoms with Gasteiger partial charge in [0.15, 0.2) is 0 Å². The highest BCUT2D eigenvalue weighted by Gasteiger charge is 2.17. The Morgan fingerprint density at radius 3 is 3.00 bits per heavy atom. The number of benzene rings is 1. The highest BCUT2D eigenvalue weighted by Crippen LogP contribution is 2.18. The van der Waals surface area contributed by atoms with E-state index in [9.17, 15) is 9.18 Å². The van der Waals surface area contributed by atoms with Crippen LogP contribution < -0.4 is 5.73 Å². The molecule has 6 heteroatoms. The molecule has 2 aromatic rings. The molecule has 1 aromatic carbocycles. The van der Waals surface area contributed by atoms with Gasteiger partial charge in [0.2, 0.25) is 0 Å². The van der Waals surface area contributed by atoms with E-state index in [0.717, 1.165) is 5.69 Å². The quantitative estimate of drug-likeness (QED) is 0.865. The monoisotopic (exact) mass is 265 g/mol. The third-order valence-corrected chi connectivity index (χ3v) is 3.15. The van der Waals surface area contributed by atoms with Crippen LogP contribution in [0.25, 0.3) is 0 Å². The standard InChI is InChI=1S/C12H12FN3OS/c1-16(5-8-6-18-7-15-8)12(17)9-3-2-4-10(13)11(9)14/h2-4,6-7H,5,14H2,1H3. The Hall–Kier alpha value is -1.95. The molecule has 2 rings (SSSR count). The first-order valence-electron chi connectivity index (χ1n) is 5.26. The summed E-state index contributed by atoms with van der Waals surface area (Å²) < 4.78 is 13.3. The van der Waals surface area contributed by atoms with E-state index in [4.69, 9.17) is 5.73 Å². The second kappa shape index (κ2) is 5.14. The third-order valence-electron chi connectivity index (χ3n) is 2.51. The molecule has 1 aromatic heterocycles. The summed E-state index contributed by atoms with van der Waals surface area (Å²) in [5.74, 6) is -0.900. The van der Waals surface area contributed by atoms with Crippen molar-refractivity contribution in [3.8, 4) is 0 Å². The van der Waals surface area contributed by atoms with Gasteiger partial charge in [-0.3, -0.25) is 4.79 Å². The summed E-state index contributed by atoms with van der Waals surface area (Å²) in [6.07, 6.45) is 0. The van der Waals surface area contributed by atoms with Gasteiger partial charge in [0.1, 0.15) is 5.82 Å². The smallest absolute Gasteiger partial charge is 0.256 e. The molecule has 0 atom stereocenters. The normalized spacial score (nSPS) is 10.3. The van der Waals surface area contributed by atoms with E-state index in [1.807, 2.05) is 5.38 Å². The van der Waals surface area contributed by atoms with Crippen molar-refractivity contribution < 1.29 is 9.18 Å². The molecular formula is C12H12FN3OS. The first-order chi connectivity index (χ1) is 8.59. The fraction of sp³-hybridized carbons (Fsp3) is 0.167. The summed E-state index contributed by atoms with van der Waals surface area (Å²) in [6, 6.07) is 4.21. The number of aromatic nitrogens is 1. The van der Waals surface area contributed by atoms with Gasteiger partial charge in [-0.15, -0.1) is 11.3 Å². The Morgan fingerprint density at radius 1 is 1.56 bits per heavy atom. The van der Waals surface area contributed by atoms with E-state index in [-0.39, 0.29) is 17.2 Å². The number of carbonyl (C=O) groups is 1. The van der Waals surface area contributed by atoms with E-state index in [0.29, 0.717) is 6.54 Å². The summed E-state index contributed by atoms with van der Waals surface area (Å²) in [4.78, 5) is 17.6. The van der Waals surface area contributed by atoms with Crippen molar-refractivity contribution in [3.63, 3.8) is 0 Å². The van der Waals surface area contributed by atoms with E-state index in [1.54, 1.807) is 12.6 Å². The maximum Gasteiger partial charge on any atom is 0.256 e. The maximum absolute atomic E-state index is 13.3. The number of rotatable bonds is 3. The van der Waals surface area contributed by atoms with Gasteiger partial charge in [-0.1, -0.05) is 6.07 Å². The molecule has 0 saturated heterocycles. The molecule has 0 aliphatic carbocycles. The number of nitrogen functional groups attached to an aromatic ring is 1. The van der Waals surface area contributed by atoms with Crippen LogP contribution >= 0.6 is 11.3 Å². The van der Waals surface area contributed by atoms with Crippen molar-refractivity contribution in [2.45, 2.75) is 6.54 Å². The van der Waals surface area contributed by atoms with Gasteiger partial charge in [-0.25, -0.2) is 9.37 Å². The minimum absolute atomic E-state index is 0.118. The van der Waals surface area contributed by atoms with Crippen LogP contribution in [0.1, 0.15) is 16.1 Å². The molecule has 0 aliphatic heterocycles. The molecule has 0 unspecified atom stereocenters. The van der Waals surface area contributed by atoms with Crippen LogP contribution in [0.5, 0.6) is 0 Å². The topological polar surface area (TPSA) is 59.2 Å². The lowest BCUT2D eigenvalue weighted by Crippen LogP contribution is -2.27. The molecule has 94 valence electrons. The fourth-order valence-corrected chi connectivity index (χ4v) is 2.11. The molecule has 0 radical (unpaired) electrons. The maximum atomic E-state index is 13.3. The summed E-state index contributed by atoms with van der Waals surface area (Å²) in [6.45, 7) is 0.373. The Kier molecular flexibility index (Phi) is 3.57. The first kappa shape index (κ1) is 12.5. The average Bonchev–Trinajstić information content (AvgIpc) is 2.84. The largest absolute Gasteiger partial charge is 0.396 e. The second-order valence-electron chi connectivity index (χ2n) is 3.84. The highest BCUT2D eigenvalue weighted by molar-refractivity contribution is 7.07. The molecule has 0 spiro atoms. The van der Waals surface area contributed by atoms with Gasteiger partial charge in [-0.2, -0.15) is 0 Å². The van der Waals surface area contributed by atoms with Gasteiger partial charge in [0.25, 0.3) is 5.91 Å². The van der Waals surface area contributed by atoms with Crippen molar-refractivity contribution >= 4 is 22.9 Å². The van der Waals surface area contributed by atoms with Crippen LogP contribution in [0.3, 0.4) is 0 Å². The predicted molar refractivity (Wildman–Crippen MR) is 68.7 cm³/mol. The number of thiazole rings is 1. The number of amides is 1. The van der Waals surface area contributed by atoms with Gasteiger partial charge < -0.3 is 10.6 Å². The Labute approximate surface area is 108 Å². The molecule has 18 heavy (non-hydrogen) atoms. The lowest BCUT2D eigenvalue weighted by molar-refractivity contribution is 0.0784. The van der Waals surface area contributed by atoms with Crippen molar-refractivity contribution in [1.29, 1.82) is 0 Å². The summed E-state index contributed by atoms with van der Waals surface area (Å²) in [7, 11) is 1.63. The summed E-state index contributed by atoms with van der Waals surface area (Å²) >= 11 is 1.46. The third kappa shape index (κ3) is 2.48. The molecule has 1 heterocycles. The predicted octanol–water partition coefficient (Wildman–Crippen LogP) is 2.14. The highest BCUT2D eigenvalue weighted by atomic mass is 32.1. The minimum Gasteiger partial charge on any atom is -0.396 e. The number of carbonyl (C=O) groups excluding carboxylic acids is 1. The van der Waals surface area contributed by atoms with Crippen LogP contribution in [-0.4, -0.2) is 22.8 Å². The summed E-state index contributed by atoms with van der Waals surface area (Å²) in [5, 5.41) is 1.86. The van der Waals surface area contributed by atoms with Gasteiger partial charge in [0, 0.05) is 12.4 Å². The first-order valence-corrected chi connectivity index (χ1v) is 6.20. The van der Waals surface area contributed by atoms with Gasteiger partial charge >= 0.3 is 0 Å². The molecule has 0 saturated carbocycles. The Balaban J connectivity index is 2.18. The number of anilines is 1. The molecular weight excluding hydrogens is 253 g/mol. The number of halogens is 1. The van der Waals surface area contributed by atoms with E-state index in [1.165, 1.54) is 34.4 Å². The molecule has 0 aliphatic rings. The Bertz CT molecular complexity index is 556. The van der Waals surface area contributed by atoms with Crippen LogP contribution in [0.15, 0.2) is 29.1 Å². The minimum atomic E-state index is -0.581. The zero-order chi connectivity index (χ0) is 13.1. The zero-order valence-corrected chi connectivity index (χ0v) is 10.6. The van der Waals surface area contributed by atoms with E-state index in [2.05, 4.69) is 4.98 Å². The number of para-hydroxylation sites is 1. The number of nitrogens with zero attached hydrogens (tertiary/aromatic N) is 2. The van der Waals surface area contributed by atoms with Crippen molar-refractivity contribution in [3.05, 3.63) is 46.2 Å². The lowest BCUT2D eigenvalue weighted by Gasteiger charge is -2.17. The Morgan fingerprint density at radius 2 is 2.33 bits per heavy atom.